The summed E-state index contributed by atoms with van der Waals surface area (Å²) in [5, 5.41) is 28.3. The minimum atomic E-state index is -0.736. The van der Waals surface area contributed by atoms with Crippen molar-refractivity contribution in [3.63, 3.8) is 0 Å². The van der Waals surface area contributed by atoms with E-state index in [2.05, 4.69) is 169 Å². The van der Waals surface area contributed by atoms with Gasteiger partial charge >= 0.3 is 0 Å². The smallest absolute Gasteiger partial charge is 0.222 e. The van der Waals surface area contributed by atoms with E-state index < -0.39 is 12.2 Å². The van der Waals surface area contributed by atoms with Crippen LogP contribution in [0.5, 0.6) is 0 Å². The summed E-state index contributed by atoms with van der Waals surface area (Å²) in [4.78, 5) is 69.4. The molecule has 3 rings (SSSR count). The predicted octanol–water partition coefficient (Wildman–Crippen LogP) is 22.1. The number of hydrogen-bond acceptors (Lipinski definition) is 9. The van der Waals surface area contributed by atoms with Gasteiger partial charge in [0.15, 0.2) is 23.1 Å². The van der Waals surface area contributed by atoms with Crippen LogP contribution in [0.1, 0.15) is 343 Å². The second-order valence-corrected chi connectivity index (χ2v) is 35.5. The monoisotopic (exact) mass is 1320 g/mol. The number of ketones is 5. The fourth-order valence-electron chi connectivity index (χ4n) is 8.65. The lowest BCUT2D eigenvalue weighted by molar-refractivity contribution is -0.130. The van der Waals surface area contributed by atoms with Crippen molar-refractivity contribution in [1.29, 1.82) is 0 Å². The molecule has 0 heterocycles. The Morgan fingerprint density at radius 3 is 1.10 bits per heavy atom. The summed E-state index contributed by atoms with van der Waals surface area (Å²) in [5.41, 5.74) is 6.15. The van der Waals surface area contributed by atoms with Crippen molar-refractivity contribution in [2.24, 2.45) is 43.3 Å². The molecule has 94 heavy (non-hydrogen) atoms. The number of amides is 1. The molecular weight excluding hydrogens is 1170 g/mol. The van der Waals surface area contributed by atoms with E-state index in [-0.39, 0.29) is 57.9 Å². The Morgan fingerprint density at radius 2 is 0.862 bits per heavy atom. The van der Waals surface area contributed by atoms with E-state index in [1.165, 1.54) is 26.2 Å². The van der Waals surface area contributed by atoms with Crippen LogP contribution in [0.4, 0.5) is 0 Å². The van der Waals surface area contributed by atoms with Gasteiger partial charge in [0.05, 0.1) is 18.3 Å². The maximum absolute atomic E-state index is 11.8. The van der Waals surface area contributed by atoms with Gasteiger partial charge in [-0.1, -0.05) is 237 Å². The molecule has 0 aliphatic heterocycles. The van der Waals surface area contributed by atoms with Crippen molar-refractivity contribution in [3.8, 4) is 12.3 Å². The highest BCUT2D eigenvalue weighted by Gasteiger charge is 2.27. The minimum Gasteiger partial charge on any atom is -0.388 e. The predicted molar refractivity (Wildman–Crippen MR) is 408 cm³/mol. The summed E-state index contributed by atoms with van der Waals surface area (Å²) in [7, 11) is 1.87. The molecule has 0 saturated carbocycles. The fourth-order valence-corrected chi connectivity index (χ4v) is 8.65. The van der Waals surface area contributed by atoms with Crippen molar-refractivity contribution in [2.45, 2.75) is 361 Å². The number of rotatable bonds is 21. The van der Waals surface area contributed by atoms with Crippen molar-refractivity contribution in [3.05, 3.63) is 71.4 Å². The highest BCUT2D eigenvalue weighted by atomic mass is 16.3. The van der Waals surface area contributed by atoms with Gasteiger partial charge in [-0.05, 0) is 177 Å². The number of allylic oxidation sites excluding steroid dienone is 6. The third kappa shape index (κ3) is 62.5. The molecule has 10 heteroatoms. The van der Waals surface area contributed by atoms with Gasteiger partial charge < -0.3 is 20.2 Å². The molecule has 3 N–H and O–H groups in total. The highest BCUT2D eigenvalue weighted by Crippen LogP contribution is 2.30. The third-order valence-corrected chi connectivity index (χ3v) is 15.5. The average Bonchev–Trinajstić information content (AvgIpc) is 1.33. The van der Waals surface area contributed by atoms with Gasteiger partial charge in [-0.2, -0.15) is 0 Å². The van der Waals surface area contributed by atoms with Crippen LogP contribution >= 0.6 is 0 Å². The fraction of sp³-hybridized carbons (Fsp3) is 0.762. The SMILES string of the molecule is C.C#CC(=C)C(O)CC(C)(C)C.C=C(C(C)=O)C(O)C(C)(C)C.C=C(C)C(O)C(C)(C)C.CC(C)(C)CCC(=O)C1=CCC1.CC(C)(C)CCC(=O)C1=CCCC1.CC(C)(C)CCC(=O)C1=CCCCC1.CCC(=O)CCCC(C)(C)C.CCC(=O)N(C)CCC(C)(C)C. The van der Waals surface area contributed by atoms with Crippen LogP contribution in [0, 0.1) is 55.7 Å². The first-order valence-corrected chi connectivity index (χ1v) is 35.2. The molecule has 1 amide bonds. The van der Waals surface area contributed by atoms with E-state index in [0.717, 1.165) is 132 Å². The molecule has 0 fully saturated rings. The Balaban J connectivity index is -0.000000236. The summed E-state index contributed by atoms with van der Waals surface area (Å²) in [6.07, 6.45) is 31.0. The molecule has 0 bridgehead atoms. The largest absolute Gasteiger partial charge is 0.388 e. The summed E-state index contributed by atoms with van der Waals surface area (Å²) in [6.45, 7) is 69.3. The zero-order chi connectivity index (χ0) is 74.3. The van der Waals surface area contributed by atoms with Crippen LogP contribution < -0.4 is 0 Å². The zero-order valence-electron chi connectivity index (χ0n) is 66.2. The number of Topliss-reactive ketones (excluding diaryl/α,β-unsaturated/α-hetero) is 5. The molecule has 0 aromatic carbocycles. The normalized spacial score (nSPS) is 14.7. The Labute approximate surface area is 582 Å². The van der Waals surface area contributed by atoms with Gasteiger partial charge in [-0.15, -0.1) is 6.42 Å². The number of aliphatic hydroxyl groups is 3. The lowest BCUT2D eigenvalue weighted by Crippen LogP contribution is -2.30. The second-order valence-electron chi connectivity index (χ2n) is 35.5. The summed E-state index contributed by atoms with van der Waals surface area (Å²) < 4.78 is 0. The van der Waals surface area contributed by atoms with E-state index >= 15 is 0 Å². The van der Waals surface area contributed by atoms with Crippen molar-refractivity contribution in [1.82, 2.24) is 4.90 Å². The molecule has 548 valence electrons. The number of terminal acetylenes is 1. The van der Waals surface area contributed by atoms with E-state index in [9.17, 15) is 44.1 Å². The number of carbonyl (C=O) groups is 6. The Kier molecular flexibility index (Phi) is 51.9. The molecule has 0 aromatic rings. The number of nitrogens with zero attached hydrogens (tertiary/aromatic N) is 1. The minimum absolute atomic E-state index is 0. The first kappa shape index (κ1) is 101. The Bertz CT molecular complexity index is 2380. The van der Waals surface area contributed by atoms with Crippen LogP contribution in [-0.2, 0) is 28.8 Å². The van der Waals surface area contributed by atoms with E-state index in [0.29, 0.717) is 64.2 Å². The maximum Gasteiger partial charge on any atom is 0.222 e. The number of hydrogen-bond donors (Lipinski definition) is 3. The lowest BCUT2D eigenvalue weighted by Gasteiger charge is -2.26. The van der Waals surface area contributed by atoms with Crippen LogP contribution in [0.25, 0.3) is 0 Å². The van der Waals surface area contributed by atoms with Gasteiger partial charge in [-0.25, -0.2) is 0 Å². The van der Waals surface area contributed by atoms with Crippen LogP contribution in [0.15, 0.2) is 71.4 Å². The van der Waals surface area contributed by atoms with Gasteiger partial charge in [-0.3, -0.25) is 28.8 Å². The molecular formula is C84H153NO9. The van der Waals surface area contributed by atoms with Gasteiger partial charge in [0, 0.05) is 63.3 Å². The van der Waals surface area contributed by atoms with Crippen LogP contribution in [0.2, 0.25) is 0 Å². The lowest BCUT2D eigenvalue weighted by atomic mass is 9.84. The van der Waals surface area contributed by atoms with Crippen LogP contribution in [-0.4, -0.2) is 86.9 Å². The molecule has 10 nitrogen and oxygen atoms in total. The first-order chi connectivity index (χ1) is 41.8. The summed E-state index contributed by atoms with van der Waals surface area (Å²) >= 11 is 0. The van der Waals surface area contributed by atoms with Gasteiger partial charge in [0.1, 0.15) is 5.78 Å². The molecule has 3 unspecified atom stereocenters. The van der Waals surface area contributed by atoms with Crippen molar-refractivity contribution < 1.29 is 44.1 Å². The number of carbonyl (C=O) groups excluding carboxylic acids is 6. The van der Waals surface area contributed by atoms with Gasteiger partial charge in [0.25, 0.3) is 0 Å². The van der Waals surface area contributed by atoms with E-state index in [1.807, 2.05) is 74.3 Å². The summed E-state index contributed by atoms with van der Waals surface area (Å²) in [6, 6.07) is 0. The number of aliphatic hydroxyl groups excluding tert-OH is 3. The van der Waals surface area contributed by atoms with E-state index in [4.69, 9.17) is 6.42 Å². The average molecular weight is 1320 g/mol. The first-order valence-electron chi connectivity index (χ1n) is 35.2. The van der Waals surface area contributed by atoms with Crippen molar-refractivity contribution in [2.75, 3.05) is 13.6 Å². The quantitative estimate of drug-likeness (QED) is 0.0576. The standard InChI is InChI=1S/C13H22O.C12H20O.C11H18O.C10H21NO.C10H16O.C10H20O.C9H16O2.C8H16O.CH4/c1-13(2,3)10-9-12(14)11-7-5-4-6-8-11;1-12(2,3)9-8-11(13)10-6-4-5-7-10;1-11(2,3)8-7-10(12)9-5-4-6-9;1-6-9(12)11(5)8-7-10(2,3)4;1-6-8(2)9(11)7-10(3,4)5;1-5-9(11)7-6-8-10(2,3)4;1-6(7(2)10)8(11)9(3,4)5;1-6(2)7(9)8(3,4)5;/h7H,4-6,8-10H2,1-3H3;6H,4-5,7-9H2,1-3H3;5H,4,6-8H2,1-3H3;6-8H2,1-5H3;1,9,11H,2,7H2,3-5H3;5-8H2,1-4H3;8,11H,1H2,2-5H3;7,9H,1H2,2-5H3;1H4. The Hall–Kier alpha value is -4.30. The second kappa shape index (κ2) is 48.4. The van der Waals surface area contributed by atoms with Gasteiger partial charge in [0.2, 0.25) is 5.91 Å². The zero-order valence-corrected chi connectivity index (χ0v) is 66.2. The molecule has 3 atom stereocenters. The van der Waals surface area contributed by atoms with E-state index in [1.54, 1.807) is 0 Å². The topological polar surface area (TPSA) is 166 Å². The Morgan fingerprint density at radius 1 is 0.500 bits per heavy atom. The maximum atomic E-state index is 11.8. The molecule has 0 aromatic heterocycles. The summed E-state index contributed by atoms with van der Waals surface area (Å²) in [5.74, 6) is 3.97. The molecule has 3 aliphatic rings. The van der Waals surface area contributed by atoms with Crippen LogP contribution in [0.3, 0.4) is 0 Å². The van der Waals surface area contributed by atoms with Crippen molar-refractivity contribution >= 4 is 34.8 Å². The third-order valence-electron chi connectivity index (χ3n) is 15.5. The molecule has 3 aliphatic carbocycles. The highest BCUT2D eigenvalue weighted by molar-refractivity contribution is 5.97. The molecule has 0 saturated heterocycles. The molecule has 0 spiro atoms. The molecule has 0 radical (unpaired) electrons.